The monoisotopic (exact) mass is 291 g/mol. The van der Waals surface area contributed by atoms with Crippen molar-refractivity contribution in [2.24, 2.45) is 0 Å². The second-order valence-electron chi connectivity index (χ2n) is 6.16. The predicted octanol–water partition coefficient (Wildman–Crippen LogP) is 5.41. The largest absolute Gasteiger partial charge is 0.309 e. The maximum absolute atomic E-state index is 4.05. The van der Waals surface area contributed by atoms with Crippen molar-refractivity contribution in [3.8, 4) is 0 Å². The van der Waals surface area contributed by atoms with E-state index in [9.17, 15) is 0 Å². The Bertz CT molecular complexity index is 409. The molecule has 0 aliphatic heterocycles. The summed E-state index contributed by atoms with van der Waals surface area (Å²) in [6.45, 7) is 9.55. The van der Waals surface area contributed by atoms with E-state index >= 15 is 0 Å². The number of hydrogen-bond donors (Lipinski definition) is 1. The van der Waals surface area contributed by atoms with Crippen LogP contribution >= 0.6 is 11.3 Å². The molecule has 1 heterocycles. The van der Waals surface area contributed by atoms with Crippen LogP contribution in [0.5, 0.6) is 0 Å². The Labute approximate surface area is 128 Å². The number of hydrogen-bond acceptors (Lipinski definition) is 2. The molecular weight excluding hydrogens is 262 g/mol. The van der Waals surface area contributed by atoms with Crippen molar-refractivity contribution in [2.45, 2.75) is 71.3 Å². The van der Waals surface area contributed by atoms with Crippen molar-refractivity contribution in [1.29, 1.82) is 0 Å². The molecule has 1 atom stereocenters. The third-order valence-electron chi connectivity index (χ3n) is 4.11. The molecule has 112 valence electrons. The van der Waals surface area contributed by atoms with Gasteiger partial charge in [0.2, 0.25) is 0 Å². The van der Waals surface area contributed by atoms with Crippen molar-refractivity contribution in [1.82, 2.24) is 5.32 Å². The van der Waals surface area contributed by atoms with Gasteiger partial charge in [-0.3, -0.25) is 0 Å². The van der Waals surface area contributed by atoms with Crippen LogP contribution in [0, 0.1) is 0 Å². The molecule has 2 heteroatoms. The minimum Gasteiger partial charge on any atom is -0.309 e. The zero-order valence-electron chi connectivity index (χ0n) is 13.1. The molecule has 1 unspecified atom stereocenters. The first-order valence-electron chi connectivity index (χ1n) is 8.20. The molecule has 1 aromatic heterocycles. The van der Waals surface area contributed by atoms with Gasteiger partial charge in [0, 0.05) is 15.8 Å². The topological polar surface area (TPSA) is 12.0 Å². The first-order chi connectivity index (χ1) is 9.70. The van der Waals surface area contributed by atoms with Crippen molar-refractivity contribution < 1.29 is 0 Å². The van der Waals surface area contributed by atoms with Gasteiger partial charge in [-0.25, -0.2) is 0 Å². The molecule has 0 bridgehead atoms. The van der Waals surface area contributed by atoms with Gasteiger partial charge in [-0.15, -0.1) is 17.9 Å². The lowest BCUT2D eigenvalue weighted by Crippen LogP contribution is -2.21. The lowest BCUT2D eigenvalue weighted by molar-refractivity contribution is 0.505. The minimum atomic E-state index is 0.531. The van der Waals surface area contributed by atoms with Crippen molar-refractivity contribution in [2.75, 3.05) is 6.54 Å². The van der Waals surface area contributed by atoms with Gasteiger partial charge in [-0.2, -0.15) is 0 Å². The summed E-state index contributed by atoms with van der Waals surface area (Å²) in [7, 11) is 0. The molecule has 0 fully saturated rings. The number of fused-ring (bicyclic) bond motifs is 1. The van der Waals surface area contributed by atoms with Crippen LogP contribution < -0.4 is 5.32 Å². The van der Waals surface area contributed by atoms with E-state index in [1.807, 2.05) is 0 Å². The Kier molecular flexibility index (Phi) is 6.31. The summed E-state index contributed by atoms with van der Waals surface area (Å²) >= 11 is 2.07. The van der Waals surface area contributed by atoms with Crippen LogP contribution in [0.2, 0.25) is 0 Å². The van der Waals surface area contributed by atoms with Crippen LogP contribution in [-0.2, 0) is 12.8 Å². The molecule has 0 amide bonds. The first kappa shape index (κ1) is 15.8. The van der Waals surface area contributed by atoms with Crippen LogP contribution in [-0.4, -0.2) is 6.54 Å². The summed E-state index contributed by atoms with van der Waals surface area (Å²) in [5, 5.41) is 3.74. The Hall–Kier alpha value is -0.600. The number of nitrogens with one attached hydrogen (secondary N) is 1. The summed E-state index contributed by atoms with van der Waals surface area (Å²) < 4.78 is 0. The quantitative estimate of drug-likeness (QED) is 0.523. The molecule has 2 rings (SSSR count). The fourth-order valence-electron chi connectivity index (χ4n) is 2.92. The second-order valence-corrected chi connectivity index (χ2v) is 7.33. The summed E-state index contributed by atoms with van der Waals surface area (Å²) in [5.41, 5.74) is 2.94. The van der Waals surface area contributed by atoms with Gasteiger partial charge in [-0.05, 0) is 70.0 Å². The SMILES string of the molecule is C=C(C)CCC(NCCC)c1cc2c(s1)CCCCC2. The zero-order chi connectivity index (χ0) is 14.4. The van der Waals surface area contributed by atoms with E-state index in [0.29, 0.717) is 6.04 Å². The van der Waals surface area contributed by atoms with E-state index in [0.717, 1.165) is 13.0 Å². The smallest absolute Gasteiger partial charge is 0.0418 e. The average molecular weight is 292 g/mol. The molecule has 0 saturated carbocycles. The fraction of sp³-hybridized carbons (Fsp3) is 0.667. The Morgan fingerprint density at radius 3 is 2.90 bits per heavy atom. The summed E-state index contributed by atoms with van der Waals surface area (Å²) in [5.74, 6) is 0. The van der Waals surface area contributed by atoms with Gasteiger partial charge >= 0.3 is 0 Å². The highest BCUT2D eigenvalue weighted by Gasteiger charge is 2.18. The zero-order valence-corrected chi connectivity index (χ0v) is 14.0. The maximum Gasteiger partial charge on any atom is 0.0418 e. The molecule has 1 nitrogen and oxygen atoms in total. The number of thiophene rings is 1. The molecule has 0 radical (unpaired) electrons. The van der Waals surface area contributed by atoms with Gasteiger partial charge < -0.3 is 5.32 Å². The van der Waals surface area contributed by atoms with Gasteiger partial charge in [0.1, 0.15) is 0 Å². The first-order valence-corrected chi connectivity index (χ1v) is 9.01. The van der Waals surface area contributed by atoms with Gasteiger partial charge in [0.15, 0.2) is 0 Å². The molecule has 1 aliphatic rings. The van der Waals surface area contributed by atoms with Crippen molar-refractivity contribution >= 4 is 11.3 Å². The lowest BCUT2D eigenvalue weighted by atomic mass is 10.0. The second kappa shape index (κ2) is 7.99. The van der Waals surface area contributed by atoms with Crippen LogP contribution in [0.1, 0.15) is 73.7 Å². The molecule has 0 spiro atoms. The summed E-state index contributed by atoms with van der Waals surface area (Å²) in [6, 6.07) is 3.03. The van der Waals surface area contributed by atoms with Gasteiger partial charge in [0.05, 0.1) is 0 Å². The van der Waals surface area contributed by atoms with E-state index < -0.39 is 0 Å². The fourth-order valence-corrected chi connectivity index (χ4v) is 4.28. The molecule has 0 saturated heterocycles. The highest BCUT2D eigenvalue weighted by molar-refractivity contribution is 7.12. The highest BCUT2D eigenvalue weighted by atomic mass is 32.1. The summed E-state index contributed by atoms with van der Waals surface area (Å²) in [6.07, 6.45) is 10.3. The predicted molar refractivity (Wildman–Crippen MR) is 90.7 cm³/mol. The molecule has 1 aliphatic carbocycles. The lowest BCUT2D eigenvalue weighted by Gasteiger charge is -2.17. The van der Waals surface area contributed by atoms with E-state index in [2.05, 4.69) is 43.1 Å². The Balaban J connectivity index is 2.08. The number of rotatable bonds is 7. The van der Waals surface area contributed by atoms with E-state index in [-0.39, 0.29) is 0 Å². The van der Waals surface area contributed by atoms with Crippen molar-refractivity contribution in [3.05, 3.63) is 33.5 Å². The van der Waals surface area contributed by atoms with Crippen LogP contribution in [0.25, 0.3) is 0 Å². The molecule has 1 N–H and O–H groups in total. The van der Waals surface area contributed by atoms with Gasteiger partial charge in [-0.1, -0.05) is 18.9 Å². The van der Waals surface area contributed by atoms with Crippen LogP contribution in [0.4, 0.5) is 0 Å². The molecule has 0 aromatic carbocycles. The van der Waals surface area contributed by atoms with Crippen molar-refractivity contribution in [3.63, 3.8) is 0 Å². The highest BCUT2D eigenvalue weighted by Crippen LogP contribution is 2.34. The Morgan fingerprint density at radius 1 is 1.35 bits per heavy atom. The third-order valence-corrected chi connectivity index (χ3v) is 5.46. The normalized spacial score (nSPS) is 16.5. The maximum atomic E-state index is 4.05. The van der Waals surface area contributed by atoms with Gasteiger partial charge in [0.25, 0.3) is 0 Å². The molecular formula is C18H29NS. The standard InChI is InChI=1S/C18H29NS/c1-4-12-19-16(11-10-14(2)3)18-13-15-8-6-5-7-9-17(15)20-18/h13,16,19H,2,4-12H2,1,3H3. The van der Waals surface area contributed by atoms with E-state index in [4.69, 9.17) is 0 Å². The molecule has 20 heavy (non-hydrogen) atoms. The van der Waals surface area contributed by atoms with E-state index in [1.54, 1.807) is 15.3 Å². The molecule has 1 aromatic rings. The number of allylic oxidation sites excluding steroid dienone is 1. The van der Waals surface area contributed by atoms with E-state index in [1.165, 1.54) is 50.5 Å². The average Bonchev–Trinajstić information content (AvgIpc) is 2.69. The van der Waals surface area contributed by atoms with Crippen LogP contribution in [0.15, 0.2) is 18.2 Å². The minimum absolute atomic E-state index is 0.531. The van der Waals surface area contributed by atoms with Crippen LogP contribution in [0.3, 0.4) is 0 Å². The third kappa shape index (κ3) is 4.46. The number of aryl methyl sites for hydroxylation is 2. The Morgan fingerprint density at radius 2 is 2.15 bits per heavy atom. The summed E-state index contributed by atoms with van der Waals surface area (Å²) in [4.78, 5) is 3.22.